The number of carboxylic acids is 1. The van der Waals surface area contributed by atoms with Crippen LogP contribution in [0, 0.1) is 6.92 Å². The van der Waals surface area contributed by atoms with Gasteiger partial charge in [-0.15, -0.1) is 11.3 Å². The van der Waals surface area contributed by atoms with Crippen molar-refractivity contribution in [1.82, 2.24) is 10.3 Å². The Hall–Kier alpha value is -2.29. The number of carboxylic acid groups (broad SMARTS) is 1. The molecule has 6 nitrogen and oxygen atoms in total. The maximum Gasteiger partial charge on any atom is 0.326 e. The van der Waals surface area contributed by atoms with Crippen LogP contribution in [0.25, 0.3) is 10.8 Å². The number of aryl methyl sites for hydroxylation is 1. The highest BCUT2D eigenvalue weighted by Gasteiger charge is 2.26. The minimum absolute atomic E-state index is 0.00286. The largest absolute Gasteiger partial charge is 0.480 e. The molecule has 1 amide bonds. The van der Waals surface area contributed by atoms with Crippen LogP contribution in [0.1, 0.15) is 21.8 Å². The maximum atomic E-state index is 12.3. The van der Waals surface area contributed by atoms with E-state index in [0.29, 0.717) is 15.6 Å². The van der Waals surface area contributed by atoms with Crippen LogP contribution in [0.3, 0.4) is 0 Å². The first-order valence-corrected chi connectivity index (χ1v) is 7.03. The van der Waals surface area contributed by atoms with Gasteiger partial charge in [0.15, 0.2) is 10.8 Å². The monoisotopic (exact) mass is 330 g/mol. The lowest BCUT2D eigenvalue weighted by Crippen LogP contribution is -2.42. The second-order valence-corrected chi connectivity index (χ2v) is 5.60. The molecule has 0 aliphatic heterocycles. The van der Waals surface area contributed by atoms with Gasteiger partial charge in [0.25, 0.3) is 5.91 Å². The number of carbonyl (C=O) groups excluding carboxylic acids is 1. The topological polar surface area (TPSA) is 92.4 Å². The minimum atomic E-state index is -2.84. The SMILES string of the molecule is Cc1sc(-c2ccco2)nc1C(=O)NC(CC(F)F)C(=O)O. The highest BCUT2D eigenvalue weighted by atomic mass is 32.1. The minimum Gasteiger partial charge on any atom is -0.480 e. The Balaban J connectivity index is 2.17. The fraction of sp³-hybridized carbons (Fsp3) is 0.308. The average Bonchev–Trinajstić information content (AvgIpc) is 3.05. The molecular formula is C13H12F2N2O4S. The molecule has 1 atom stereocenters. The molecule has 0 fully saturated rings. The quantitative estimate of drug-likeness (QED) is 0.849. The van der Waals surface area contributed by atoms with Gasteiger partial charge in [-0.3, -0.25) is 4.79 Å². The molecule has 0 bridgehead atoms. The van der Waals surface area contributed by atoms with Gasteiger partial charge < -0.3 is 14.8 Å². The number of alkyl halides is 2. The van der Waals surface area contributed by atoms with Crippen molar-refractivity contribution in [2.45, 2.75) is 25.8 Å². The van der Waals surface area contributed by atoms with Crippen molar-refractivity contribution in [2.24, 2.45) is 0 Å². The van der Waals surface area contributed by atoms with Crippen molar-refractivity contribution in [3.8, 4) is 10.8 Å². The third-order valence-corrected chi connectivity index (χ3v) is 3.75. The number of halogens is 2. The first-order chi connectivity index (χ1) is 10.4. The summed E-state index contributed by atoms with van der Waals surface area (Å²) in [6.45, 7) is 1.63. The zero-order valence-electron chi connectivity index (χ0n) is 11.4. The fourth-order valence-electron chi connectivity index (χ4n) is 1.74. The maximum absolute atomic E-state index is 12.3. The molecule has 0 saturated heterocycles. The van der Waals surface area contributed by atoms with Crippen LogP contribution in [0.2, 0.25) is 0 Å². The molecule has 9 heteroatoms. The van der Waals surface area contributed by atoms with Gasteiger partial charge in [-0.2, -0.15) is 0 Å². The van der Waals surface area contributed by atoms with Crippen LogP contribution in [0.5, 0.6) is 0 Å². The Morgan fingerprint density at radius 1 is 1.50 bits per heavy atom. The molecule has 22 heavy (non-hydrogen) atoms. The number of aliphatic carboxylic acids is 1. The molecule has 1 unspecified atom stereocenters. The number of furan rings is 1. The molecule has 2 heterocycles. The van der Waals surface area contributed by atoms with Crippen molar-refractivity contribution in [1.29, 1.82) is 0 Å². The number of nitrogens with one attached hydrogen (secondary N) is 1. The van der Waals surface area contributed by atoms with Crippen LogP contribution in [0.4, 0.5) is 8.78 Å². The van der Waals surface area contributed by atoms with Gasteiger partial charge >= 0.3 is 5.97 Å². The van der Waals surface area contributed by atoms with Gasteiger partial charge in [-0.1, -0.05) is 0 Å². The molecule has 2 rings (SSSR count). The van der Waals surface area contributed by atoms with Crippen molar-refractivity contribution < 1.29 is 27.9 Å². The zero-order valence-corrected chi connectivity index (χ0v) is 12.2. The van der Waals surface area contributed by atoms with Gasteiger partial charge in [0.2, 0.25) is 6.43 Å². The summed E-state index contributed by atoms with van der Waals surface area (Å²) in [5.41, 5.74) is -0.00286. The first kappa shape index (κ1) is 16.1. The molecule has 2 aromatic heterocycles. The van der Waals surface area contributed by atoms with Crippen LogP contribution >= 0.6 is 11.3 Å². The Kier molecular flexibility index (Phi) is 4.86. The van der Waals surface area contributed by atoms with E-state index in [-0.39, 0.29) is 5.69 Å². The predicted octanol–water partition coefficient (Wildman–Crippen LogP) is 2.55. The number of hydrogen-bond acceptors (Lipinski definition) is 5. The molecular weight excluding hydrogens is 318 g/mol. The van der Waals surface area contributed by atoms with E-state index in [0.717, 1.165) is 0 Å². The zero-order chi connectivity index (χ0) is 16.3. The second kappa shape index (κ2) is 6.65. The van der Waals surface area contributed by atoms with E-state index in [2.05, 4.69) is 10.3 Å². The van der Waals surface area contributed by atoms with E-state index in [1.807, 2.05) is 0 Å². The van der Waals surface area contributed by atoms with Gasteiger partial charge in [0.05, 0.1) is 6.26 Å². The third-order valence-electron chi connectivity index (χ3n) is 2.76. The van der Waals surface area contributed by atoms with Crippen LogP contribution in [-0.2, 0) is 4.79 Å². The Bertz CT molecular complexity index is 670. The third kappa shape index (κ3) is 3.67. The number of rotatable bonds is 6. The van der Waals surface area contributed by atoms with Gasteiger partial charge in [-0.05, 0) is 19.1 Å². The predicted molar refractivity (Wildman–Crippen MR) is 74.1 cm³/mol. The van der Waals surface area contributed by atoms with Crippen molar-refractivity contribution in [3.05, 3.63) is 29.0 Å². The van der Waals surface area contributed by atoms with Crippen molar-refractivity contribution >= 4 is 23.2 Å². The number of amides is 1. The van der Waals surface area contributed by atoms with Crippen LogP contribution in [-0.4, -0.2) is 34.4 Å². The lowest BCUT2D eigenvalue weighted by atomic mass is 10.2. The van der Waals surface area contributed by atoms with Gasteiger partial charge in [-0.25, -0.2) is 18.6 Å². The standard InChI is InChI=1S/C13H12F2N2O4S/c1-6-10(17-12(22-6)8-3-2-4-21-8)11(18)16-7(13(19)20)5-9(14)15/h2-4,7,9H,5H2,1H3,(H,16,18)(H,19,20). The average molecular weight is 330 g/mol. The van der Waals surface area contributed by atoms with Crippen molar-refractivity contribution in [2.75, 3.05) is 0 Å². The van der Waals surface area contributed by atoms with E-state index in [1.54, 1.807) is 19.1 Å². The Morgan fingerprint density at radius 3 is 2.77 bits per heavy atom. The number of thiazole rings is 1. The van der Waals surface area contributed by atoms with E-state index in [1.165, 1.54) is 17.6 Å². The summed E-state index contributed by atoms with van der Waals surface area (Å²) in [4.78, 5) is 27.5. The molecule has 0 aliphatic rings. The molecule has 0 saturated carbocycles. The molecule has 0 aromatic carbocycles. The summed E-state index contributed by atoms with van der Waals surface area (Å²) in [7, 11) is 0. The summed E-state index contributed by atoms with van der Waals surface area (Å²) in [6, 6.07) is 1.66. The number of nitrogens with zero attached hydrogens (tertiary/aromatic N) is 1. The van der Waals surface area contributed by atoms with E-state index in [4.69, 9.17) is 9.52 Å². The van der Waals surface area contributed by atoms with Gasteiger partial charge in [0.1, 0.15) is 11.7 Å². The van der Waals surface area contributed by atoms with E-state index < -0.39 is 30.8 Å². The first-order valence-electron chi connectivity index (χ1n) is 6.21. The summed E-state index contributed by atoms with van der Waals surface area (Å²) in [5.74, 6) is -1.86. The number of hydrogen-bond donors (Lipinski definition) is 2. The van der Waals surface area contributed by atoms with Gasteiger partial charge in [0, 0.05) is 11.3 Å². The van der Waals surface area contributed by atoms with E-state index >= 15 is 0 Å². The molecule has 2 N–H and O–H groups in total. The number of aromatic nitrogens is 1. The molecule has 0 aliphatic carbocycles. The highest BCUT2D eigenvalue weighted by molar-refractivity contribution is 7.15. The summed E-state index contributed by atoms with van der Waals surface area (Å²) in [5, 5.41) is 11.4. The summed E-state index contributed by atoms with van der Waals surface area (Å²) < 4.78 is 29.8. The van der Waals surface area contributed by atoms with Crippen LogP contribution < -0.4 is 5.32 Å². The fourth-order valence-corrected chi connectivity index (χ4v) is 2.62. The second-order valence-electron chi connectivity index (χ2n) is 4.39. The van der Waals surface area contributed by atoms with Crippen molar-refractivity contribution in [3.63, 3.8) is 0 Å². The summed E-state index contributed by atoms with van der Waals surface area (Å²) >= 11 is 1.19. The Labute approximate surface area is 127 Å². The molecule has 0 spiro atoms. The van der Waals surface area contributed by atoms with Crippen LogP contribution in [0.15, 0.2) is 22.8 Å². The van der Waals surface area contributed by atoms with E-state index in [9.17, 15) is 18.4 Å². The lowest BCUT2D eigenvalue weighted by molar-refractivity contribution is -0.140. The number of carbonyl (C=O) groups is 2. The molecule has 0 radical (unpaired) electrons. The Morgan fingerprint density at radius 2 is 2.23 bits per heavy atom. The molecule has 118 valence electrons. The summed E-state index contributed by atoms with van der Waals surface area (Å²) in [6.07, 6.45) is -2.35. The molecule has 2 aromatic rings. The normalized spacial score (nSPS) is 12.4. The highest BCUT2D eigenvalue weighted by Crippen LogP contribution is 2.27. The lowest BCUT2D eigenvalue weighted by Gasteiger charge is -2.13. The smallest absolute Gasteiger partial charge is 0.326 e.